The molecule has 0 unspecified atom stereocenters. The summed E-state index contributed by atoms with van der Waals surface area (Å²) in [6.45, 7) is 0. The summed E-state index contributed by atoms with van der Waals surface area (Å²) in [6.07, 6.45) is 2.84. The Morgan fingerprint density at radius 2 is 1.95 bits per heavy atom. The molecule has 1 N–H and O–H groups in total. The van der Waals surface area contributed by atoms with Crippen molar-refractivity contribution in [2.45, 2.75) is 0 Å². The molecule has 0 radical (unpaired) electrons. The van der Waals surface area contributed by atoms with E-state index in [2.05, 4.69) is 25.8 Å². The Bertz CT molecular complexity index is 804. The van der Waals surface area contributed by atoms with E-state index in [1.54, 1.807) is 24.3 Å². The molecule has 0 spiro atoms. The van der Waals surface area contributed by atoms with Gasteiger partial charge in [0.15, 0.2) is 0 Å². The van der Waals surface area contributed by atoms with Gasteiger partial charge in [-0.25, -0.2) is 9.67 Å². The third-order valence-corrected chi connectivity index (χ3v) is 3.48. The van der Waals surface area contributed by atoms with Crippen molar-refractivity contribution in [1.29, 1.82) is 0 Å². The van der Waals surface area contributed by atoms with Gasteiger partial charge in [0.2, 0.25) is 0 Å². The fraction of sp³-hybridized carbons (Fsp3) is 0. The molecule has 9 heteroatoms. The number of pyridine rings is 1. The van der Waals surface area contributed by atoms with Gasteiger partial charge in [-0.2, -0.15) is 0 Å². The van der Waals surface area contributed by atoms with Crippen molar-refractivity contribution in [3.63, 3.8) is 0 Å². The van der Waals surface area contributed by atoms with E-state index in [0.717, 1.165) is 5.69 Å². The molecule has 1 amide bonds. The molecular weight excluding hydrogens is 327 g/mol. The monoisotopic (exact) mass is 334 g/mol. The topological polar surface area (TPSA) is 85.6 Å². The van der Waals surface area contributed by atoms with Gasteiger partial charge in [-0.15, -0.1) is 5.10 Å². The molecule has 3 aromatic rings. The zero-order valence-electron chi connectivity index (χ0n) is 10.9. The van der Waals surface area contributed by atoms with Gasteiger partial charge in [0.05, 0.1) is 16.3 Å². The summed E-state index contributed by atoms with van der Waals surface area (Å²) >= 11 is 11.6. The number of aromatic nitrogens is 5. The largest absolute Gasteiger partial charge is 0.322 e. The Morgan fingerprint density at radius 1 is 1.18 bits per heavy atom. The van der Waals surface area contributed by atoms with Crippen LogP contribution in [0, 0.1) is 0 Å². The van der Waals surface area contributed by atoms with Crippen LogP contribution in [0.1, 0.15) is 10.4 Å². The molecule has 0 atom stereocenters. The molecule has 22 heavy (non-hydrogen) atoms. The van der Waals surface area contributed by atoms with Gasteiger partial charge in [0.1, 0.15) is 11.5 Å². The lowest BCUT2D eigenvalue weighted by atomic mass is 10.2. The van der Waals surface area contributed by atoms with Crippen LogP contribution < -0.4 is 5.32 Å². The molecule has 7 nitrogen and oxygen atoms in total. The fourth-order valence-electron chi connectivity index (χ4n) is 1.73. The Kier molecular flexibility index (Phi) is 3.99. The van der Waals surface area contributed by atoms with E-state index in [1.165, 1.54) is 23.3 Å². The predicted molar refractivity (Wildman–Crippen MR) is 81.4 cm³/mol. The Balaban J connectivity index is 1.75. The number of rotatable bonds is 3. The molecule has 2 aromatic heterocycles. The SMILES string of the molecule is O=C(Nc1ccc(-n2cnnn2)cc1)c1cnc(Cl)c(Cl)c1. The van der Waals surface area contributed by atoms with Gasteiger partial charge in [-0.05, 0) is 40.8 Å². The van der Waals surface area contributed by atoms with Crippen molar-refractivity contribution < 1.29 is 4.79 Å². The molecule has 0 bridgehead atoms. The van der Waals surface area contributed by atoms with Crippen molar-refractivity contribution in [2.75, 3.05) is 5.32 Å². The first-order valence-electron chi connectivity index (χ1n) is 6.09. The number of carbonyl (C=O) groups excluding carboxylic acids is 1. The maximum Gasteiger partial charge on any atom is 0.257 e. The normalized spacial score (nSPS) is 10.5. The number of halogens is 2. The van der Waals surface area contributed by atoms with Crippen molar-refractivity contribution in [3.8, 4) is 5.69 Å². The lowest BCUT2D eigenvalue weighted by Gasteiger charge is -2.06. The second-order valence-electron chi connectivity index (χ2n) is 4.25. The van der Waals surface area contributed by atoms with Crippen molar-refractivity contribution in [2.24, 2.45) is 0 Å². The zero-order valence-corrected chi connectivity index (χ0v) is 12.5. The van der Waals surface area contributed by atoms with Crippen molar-refractivity contribution in [1.82, 2.24) is 25.2 Å². The molecule has 2 heterocycles. The highest BCUT2D eigenvalue weighted by Crippen LogP contribution is 2.20. The minimum absolute atomic E-state index is 0.156. The number of hydrogen-bond donors (Lipinski definition) is 1. The number of hydrogen-bond acceptors (Lipinski definition) is 5. The van der Waals surface area contributed by atoms with E-state index in [9.17, 15) is 4.79 Å². The second kappa shape index (κ2) is 6.08. The number of nitrogens with one attached hydrogen (secondary N) is 1. The average molecular weight is 335 g/mol. The molecule has 0 aliphatic carbocycles. The summed E-state index contributed by atoms with van der Waals surface area (Å²) in [7, 11) is 0. The maximum atomic E-state index is 12.1. The lowest BCUT2D eigenvalue weighted by molar-refractivity contribution is 0.102. The Labute approximate surface area is 134 Å². The van der Waals surface area contributed by atoms with Gasteiger partial charge in [0.25, 0.3) is 5.91 Å². The number of amides is 1. The summed E-state index contributed by atoms with van der Waals surface area (Å²) in [6, 6.07) is 8.49. The van der Waals surface area contributed by atoms with E-state index in [4.69, 9.17) is 23.2 Å². The van der Waals surface area contributed by atoms with Crippen LogP contribution in [-0.2, 0) is 0 Å². The summed E-state index contributed by atoms with van der Waals surface area (Å²) in [5.41, 5.74) is 1.71. The number of carbonyl (C=O) groups is 1. The number of benzene rings is 1. The van der Waals surface area contributed by atoms with E-state index < -0.39 is 0 Å². The van der Waals surface area contributed by atoms with Crippen molar-refractivity contribution in [3.05, 3.63) is 58.6 Å². The van der Waals surface area contributed by atoms with Crippen LogP contribution in [-0.4, -0.2) is 31.1 Å². The van der Waals surface area contributed by atoms with Crippen LogP contribution in [0.25, 0.3) is 5.69 Å². The lowest BCUT2D eigenvalue weighted by Crippen LogP contribution is -2.12. The smallest absolute Gasteiger partial charge is 0.257 e. The van der Waals surface area contributed by atoms with Gasteiger partial charge < -0.3 is 5.32 Å². The number of nitrogens with zero attached hydrogens (tertiary/aromatic N) is 5. The Hall–Kier alpha value is -2.51. The quantitative estimate of drug-likeness (QED) is 0.744. The highest BCUT2D eigenvalue weighted by Gasteiger charge is 2.09. The number of anilines is 1. The average Bonchev–Trinajstić information content (AvgIpc) is 3.05. The standard InChI is InChI=1S/C13H8Cl2N6O/c14-11-5-8(6-16-12(11)15)13(22)18-9-1-3-10(4-2-9)21-7-17-19-20-21/h1-7H,(H,18,22). The minimum atomic E-state index is -0.332. The summed E-state index contributed by atoms with van der Waals surface area (Å²) in [5.74, 6) is -0.332. The predicted octanol–water partition coefficient (Wildman–Crippen LogP) is 2.62. The molecule has 0 saturated carbocycles. The fourth-order valence-corrected chi connectivity index (χ4v) is 2.00. The molecule has 0 aliphatic heterocycles. The van der Waals surface area contributed by atoms with Gasteiger partial charge >= 0.3 is 0 Å². The molecular formula is C13H8Cl2N6O. The molecule has 0 saturated heterocycles. The van der Waals surface area contributed by atoms with Gasteiger partial charge in [-0.1, -0.05) is 23.2 Å². The zero-order chi connectivity index (χ0) is 15.5. The molecule has 0 aliphatic rings. The number of tetrazole rings is 1. The first kappa shape index (κ1) is 14.4. The van der Waals surface area contributed by atoms with Gasteiger partial charge in [-0.3, -0.25) is 4.79 Å². The highest BCUT2D eigenvalue weighted by atomic mass is 35.5. The summed E-state index contributed by atoms with van der Waals surface area (Å²) in [4.78, 5) is 15.9. The van der Waals surface area contributed by atoms with Crippen LogP contribution in [0.5, 0.6) is 0 Å². The maximum absolute atomic E-state index is 12.1. The van der Waals surface area contributed by atoms with E-state index in [-0.39, 0.29) is 16.1 Å². The van der Waals surface area contributed by atoms with Crippen LogP contribution in [0.3, 0.4) is 0 Å². The van der Waals surface area contributed by atoms with E-state index in [1.807, 2.05) is 0 Å². The van der Waals surface area contributed by atoms with Crippen molar-refractivity contribution >= 4 is 34.8 Å². The first-order valence-corrected chi connectivity index (χ1v) is 6.85. The molecule has 0 fully saturated rings. The van der Waals surface area contributed by atoms with Crippen LogP contribution in [0.4, 0.5) is 5.69 Å². The first-order chi connectivity index (χ1) is 10.6. The highest BCUT2D eigenvalue weighted by molar-refractivity contribution is 6.41. The Morgan fingerprint density at radius 3 is 2.59 bits per heavy atom. The molecule has 110 valence electrons. The van der Waals surface area contributed by atoms with Crippen LogP contribution in [0.15, 0.2) is 42.9 Å². The summed E-state index contributed by atoms with van der Waals surface area (Å²) in [5, 5.41) is 14.0. The molecule has 3 rings (SSSR count). The van der Waals surface area contributed by atoms with E-state index >= 15 is 0 Å². The van der Waals surface area contributed by atoms with Crippen LogP contribution in [0.2, 0.25) is 10.2 Å². The van der Waals surface area contributed by atoms with Gasteiger partial charge in [0, 0.05) is 11.9 Å². The summed E-state index contributed by atoms with van der Waals surface area (Å²) < 4.78 is 1.51. The second-order valence-corrected chi connectivity index (χ2v) is 5.02. The third-order valence-electron chi connectivity index (χ3n) is 2.80. The third kappa shape index (κ3) is 3.05. The minimum Gasteiger partial charge on any atom is -0.322 e. The van der Waals surface area contributed by atoms with Crippen LogP contribution >= 0.6 is 23.2 Å². The molecule has 1 aromatic carbocycles. The van der Waals surface area contributed by atoms with E-state index in [0.29, 0.717) is 11.3 Å².